The highest BCUT2D eigenvalue weighted by molar-refractivity contribution is 5.97. The fourth-order valence-corrected chi connectivity index (χ4v) is 5.81. The fraction of sp³-hybridized carbons (Fsp3) is 0.500. The molecule has 2 N–H and O–H groups in total. The van der Waals surface area contributed by atoms with Crippen molar-refractivity contribution < 1.29 is 33.1 Å². The van der Waals surface area contributed by atoms with Crippen molar-refractivity contribution in [1.29, 1.82) is 0 Å². The number of ether oxygens (including phenoxy) is 2. The lowest BCUT2D eigenvalue weighted by molar-refractivity contribution is -0.120. The van der Waals surface area contributed by atoms with Crippen LogP contribution >= 0.6 is 0 Å². The first-order chi connectivity index (χ1) is 23.5. The van der Waals surface area contributed by atoms with Gasteiger partial charge in [0.05, 0.1) is 12.2 Å². The summed E-state index contributed by atoms with van der Waals surface area (Å²) in [4.78, 5) is 55.7. The minimum absolute atomic E-state index is 0.0911. The molecule has 1 unspecified atom stereocenters. The van der Waals surface area contributed by atoms with Crippen molar-refractivity contribution in [1.82, 2.24) is 14.8 Å². The standard InChI is InChI=1S/C28H34N4O4.C10H17NO3/c1-17-15-23(32(18(17)2)27(34)36-28(3,4)5)25(33)31-22-13-9-20(10-14-22)26-30-16-24(35-26)19-7-11-21(29-6)12-8-19;1-10(2,3)14-9(13)11-6-4-5-8(11)7-12/h7-14,16-18,23,29H,15H2,1-6H3,(H,31,33);7-8H,4-6H2,1-3H3/t17?,18-,23-;8-/m00/s1. The quantitative estimate of drug-likeness (QED) is 0.250. The Morgan fingerprint density at radius 2 is 1.46 bits per heavy atom. The maximum Gasteiger partial charge on any atom is 0.411 e. The normalized spacial score (nSPS) is 20.4. The highest BCUT2D eigenvalue weighted by Gasteiger charge is 2.44. The number of aromatic nitrogens is 1. The molecule has 0 aliphatic carbocycles. The monoisotopic (exact) mass is 689 g/mol. The van der Waals surface area contributed by atoms with Crippen molar-refractivity contribution in [3.05, 3.63) is 54.7 Å². The van der Waals surface area contributed by atoms with E-state index in [1.165, 1.54) is 4.90 Å². The molecule has 2 aliphatic rings. The molecular weight excluding hydrogens is 638 g/mol. The Morgan fingerprint density at radius 1 is 0.880 bits per heavy atom. The van der Waals surface area contributed by atoms with Gasteiger partial charge in [-0.1, -0.05) is 6.92 Å². The third-order valence-corrected chi connectivity index (χ3v) is 8.55. The third-order valence-electron chi connectivity index (χ3n) is 8.55. The summed E-state index contributed by atoms with van der Waals surface area (Å²) in [7, 11) is 1.87. The first-order valence-corrected chi connectivity index (χ1v) is 17.1. The summed E-state index contributed by atoms with van der Waals surface area (Å²) in [6.07, 6.45) is 3.89. The van der Waals surface area contributed by atoms with Gasteiger partial charge in [0.2, 0.25) is 11.8 Å². The summed E-state index contributed by atoms with van der Waals surface area (Å²) < 4.78 is 16.7. The van der Waals surface area contributed by atoms with Crippen molar-refractivity contribution in [3.8, 4) is 22.8 Å². The molecule has 0 spiro atoms. The zero-order valence-electron chi connectivity index (χ0n) is 30.6. The number of carbonyl (C=O) groups is 4. The van der Waals surface area contributed by atoms with Crippen LogP contribution < -0.4 is 10.6 Å². The highest BCUT2D eigenvalue weighted by atomic mass is 16.6. The molecule has 2 fully saturated rings. The summed E-state index contributed by atoms with van der Waals surface area (Å²) in [5.41, 5.74) is 2.26. The van der Waals surface area contributed by atoms with E-state index >= 15 is 0 Å². The van der Waals surface area contributed by atoms with Crippen LogP contribution in [0.5, 0.6) is 0 Å². The molecule has 270 valence electrons. The maximum atomic E-state index is 13.2. The van der Waals surface area contributed by atoms with Gasteiger partial charge < -0.3 is 29.3 Å². The predicted octanol–water partition coefficient (Wildman–Crippen LogP) is 7.61. The van der Waals surface area contributed by atoms with Gasteiger partial charge in [-0.3, -0.25) is 14.6 Å². The largest absolute Gasteiger partial charge is 0.444 e. The molecule has 2 saturated heterocycles. The minimum atomic E-state index is -0.630. The number of rotatable bonds is 6. The van der Waals surface area contributed by atoms with Crippen LogP contribution in [-0.2, 0) is 19.1 Å². The predicted molar refractivity (Wildman–Crippen MR) is 193 cm³/mol. The Bertz CT molecular complexity index is 1620. The van der Waals surface area contributed by atoms with Crippen molar-refractivity contribution in [2.75, 3.05) is 24.2 Å². The molecule has 50 heavy (non-hydrogen) atoms. The molecule has 0 saturated carbocycles. The summed E-state index contributed by atoms with van der Waals surface area (Å²) in [6.45, 7) is 15.5. The van der Waals surface area contributed by atoms with E-state index in [-0.39, 0.29) is 30.0 Å². The zero-order valence-corrected chi connectivity index (χ0v) is 30.6. The second-order valence-corrected chi connectivity index (χ2v) is 14.8. The minimum Gasteiger partial charge on any atom is -0.444 e. The van der Waals surface area contributed by atoms with E-state index in [9.17, 15) is 19.2 Å². The van der Waals surface area contributed by atoms with Crippen LogP contribution in [0.1, 0.15) is 74.7 Å². The molecular formula is C38H51N5O7. The van der Waals surface area contributed by atoms with E-state index in [0.29, 0.717) is 30.3 Å². The number of likely N-dealkylation sites (tertiary alicyclic amines) is 2. The Balaban J connectivity index is 0.000000337. The van der Waals surface area contributed by atoms with Crippen LogP contribution in [0.4, 0.5) is 21.0 Å². The SMILES string of the molecule is CC(C)(C)OC(=O)N1CCC[C@H]1C=O.CNc1ccc(-c2cnc(-c3ccc(NC(=O)[C@@H]4CC(C)[C@H](C)N4C(=O)OC(C)(C)C)cc3)o2)cc1. The maximum absolute atomic E-state index is 13.2. The average molecular weight is 690 g/mol. The molecule has 4 atom stereocenters. The lowest BCUT2D eigenvalue weighted by Gasteiger charge is -2.31. The Hall–Kier alpha value is -4.87. The molecule has 3 aromatic rings. The van der Waals surface area contributed by atoms with Crippen LogP contribution in [0.15, 0.2) is 59.1 Å². The summed E-state index contributed by atoms with van der Waals surface area (Å²) >= 11 is 0. The van der Waals surface area contributed by atoms with Crippen LogP contribution in [0.25, 0.3) is 22.8 Å². The molecule has 3 amide bonds. The summed E-state index contributed by atoms with van der Waals surface area (Å²) in [6, 6.07) is 14.2. The number of oxazole rings is 1. The Kier molecular flexibility index (Phi) is 12.0. The molecule has 0 bridgehead atoms. The number of benzene rings is 2. The number of amides is 3. The van der Waals surface area contributed by atoms with E-state index in [0.717, 1.165) is 35.9 Å². The number of nitrogens with zero attached hydrogens (tertiary/aromatic N) is 3. The first-order valence-electron chi connectivity index (χ1n) is 17.1. The second kappa shape index (κ2) is 15.8. The molecule has 12 nitrogen and oxygen atoms in total. The molecule has 1 aromatic heterocycles. The number of aldehydes is 1. The van der Waals surface area contributed by atoms with Crippen LogP contribution in [-0.4, -0.2) is 82.1 Å². The second-order valence-electron chi connectivity index (χ2n) is 14.8. The van der Waals surface area contributed by atoms with Gasteiger partial charge in [-0.05, 0) is 122 Å². The van der Waals surface area contributed by atoms with Gasteiger partial charge in [0.15, 0.2) is 5.76 Å². The molecule has 0 radical (unpaired) electrons. The van der Waals surface area contributed by atoms with E-state index in [1.807, 2.05) is 98.8 Å². The van der Waals surface area contributed by atoms with Gasteiger partial charge in [-0.2, -0.15) is 0 Å². The number of hydrogen-bond acceptors (Lipinski definition) is 9. The topological polar surface area (TPSA) is 143 Å². The number of nitrogens with one attached hydrogen (secondary N) is 2. The third kappa shape index (κ3) is 9.86. The molecule has 2 aliphatic heterocycles. The van der Waals surface area contributed by atoms with Crippen LogP contribution in [0, 0.1) is 5.92 Å². The zero-order chi connectivity index (χ0) is 36.8. The average Bonchev–Trinajstić information content (AvgIpc) is 3.80. The highest BCUT2D eigenvalue weighted by Crippen LogP contribution is 2.33. The van der Waals surface area contributed by atoms with Crippen molar-refractivity contribution >= 4 is 35.8 Å². The Morgan fingerprint density at radius 3 is 2.04 bits per heavy atom. The molecule has 5 rings (SSSR count). The molecule has 12 heteroatoms. The summed E-state index contributed by atoms with van der Waals surface area (Å²) in [5, 5.41) is 6.04. The van der Waals surface area contributed by atoms with E-state index < -0.39 is 23.3 Å². The number of carbonyl (C=O) groups excluding carboxylic acids is 4. The van der Waals surface area contributed by atoms with Crippen molar-refractivity contribution in [3.63, 3.8) is 0 Å². The van der Waals surface area contributed by atoms with Gasteiger partial charge in [0, 0.05) is 42.1 Å². The lowest BCUT2D eigenvalue weighted by Crippen LogP contribution is -2.48. The van der Waals surface area contributed by atoms with Crippen LogP contribution in [0.2, 0.25) is 0 Å². The first kappa shape index (κ1) is 37.9. The smallest absolute Gasteiger partial charge is 0.411 e. The number of hydrogen-bond donors (Lipinski definition) is 2. The lowest BCUT2D eigenvalue weighted by atomic mass is 10.0. The molecule has 3 heterocycles. The van der Waals surface area contributed by atoms with E-state index in [4.69, 9.17) is 13.9 Å². The van der Waals surface area contributed by atoms with Crippen molar-refractivity contribution in [2.45, 2.75) is 104 Å². The van der Waals surface area contributed by atoms with Gasteiger partial charge in [0.1, 0.15) is 23.5 Å². The number of anilines is 2. The van der Waals surface area contributed by atoms with E-state index in [1.54, 1.807) is 23.2 Å². The van der Waals surface area contributed by atoms with Gasteiger partial charge >= 0.3 is 12.2 Å². The fourth-order valence-electron chi connectivity index (χ4n) is 5.81. The van der Waals surface area contributed by atoms with Crippen molar-refractivity contribution in [2.24, 2.45) is 5.92 Å². The van der Waals surface area contributed by atoms with E-state index in [2.05, 4.69) is 15.6 Å². The molecule has 2 aromatic carbocycles. The van der Waals surface area contributed by atoms with Gasteiger partial charge in [0.25, 0.3) is 0 Å². The van der Waals surface area contributed by atoms with Gasteiger partial charge in [-0.25, -0.2) is 14.6 Å². The van der Waals surface area contributed by atoms with Gasteiger partial charge in [-0.15, -0.1) is 0 Å². The summed E-state index contributed by atoms with van der Waals surface area (Å²) in [5.74, 6) is 1.13. The Labute approximate surface area is 294 Å². The van der Waals surface area contributed by atoms with Crippen LogP contribution in [0.3, 0.4) is 0 Å².